The standard InChI is InChI=1S/C27H54N2O10S4/c1-5-40-42-17-15-32-7-11-36-21-27(23-38-13-9-34-19-25(30)28-3,24-39-14-10-35-20-26(31)29-4)22-37-12-8-33-16-18-43-41-6-2/h5-24H2,1-4H3,(H,28,30)(H,29,31). The van der Waals surface area contributed by atoms with Gasteiger partial charge in [0.2, 0.25) is 11.8 Å². The summed E-state index contributed by atoms with van der Waals surface area (Å²) in [7, 11) is 10.4. The number of rotatable bonds is 34. The van der Waals surface area contributed by atoms with Gasteiger partial charge in [-0.15, -0.1) is 0 Å². The number of likely N-dealkylation sites (N-methyl/N-ethyl adjacent to an activating group) is 2. The number of nitrogens with one attached hydrogen (secondary N) is 2. The van der Waals surface area contributed by atoms with E-state index in [-0.39, 0.29) is 51.5 Å². The number of hydrogen-bond acceptors (Lipinski definition) is 14. The Morgan fingerprint density at radius 2 is 0.814 bits per heavy atom. The molecule has 0 aliphatic heterocycles. The fourth-order valence-electron chi connectivity index (χ4n) is 3.02. The molecule has 0 fully saturated rings. The van der Waals surface area contributed by atoms with E-state index in [2.05, 4.69) is 24.5 Å². The molecular formula is C27H54N2O10S4. The van der Waals surface area contributed by atoms with Gasteiger partial charge in [-0.2, -0.15) is 0 Å². The molecule has 0 radical (unpaired) electrons. The summed E-state index contributed by atoms with van der Waals surface area (Å²) in [5.74, 6) is 3.62. The average molecular weight is 695 g/mol. The zero-order valence-corrected chi connectivity index (χ0v) is 29.6. The van der Waals surface area contributed by atoms with E-state index in [0.29, 0.717) is 66.1 Å². The third-order valence-electron chi connectivity index (χ3n) is 5.17. The van der Waals surface area contributed by atoms with Gasteiger partial charge in [-0.3, -0.25) is 9.59 Å². The lowest BCUT2D eigenvalue weighted by molar-refractivity contribution is -0.130. The minimum absolute atomic E-state index is 0.0261. The van der Waals surface area contributed by atoms with Crippen LogP contribution in [0.5, 0.6) is 0 Å². The molecule has 0 spiro atoms. The Kier molecular flexibility index (Phi) is 33.4. The first kappa shape index (κ1) is 43.0. The maximum Gasteiger partial charge on any atom is 0.245 e. The Morgan fingerprint density at radius 3 is 1.14 bits per heavy atom. The van der Waals surface area contributed by atoms with Crippen LogP contribution in [0.25, 0.3) is 0 Å². The lowest BCUT2D eigenvalue weighted by atomic mass is 9.92. The molecule has 0 saturated carbocycles. The molecule has 0 aliphatic rings. The molecule has 2 N–H and O–H groups in total. The number of hydrogen-bond donors (Lipinski definition) is 2. The van der Waals surface area contributed by atoms with Crippen LogP contribution < -0.4 is 10.6 Å². The van der Waals surface area contributed by atoms with Gasteiger partial charge in [0.1, 0.15) is 13.2 Å². The van der Waals surface area contributed by atoms with Crippen LogP contribution in [-0.4, -0.2) is 155 Å². The molecule has 0 aliphatic carbocycles. The van der Waals surface area contributed by atoms with Gasteiger partial charge in [0.05, 0.1) is 97.9 Å². The van der Waals surface area contributed by atoms with Crippen molar-refractivity contribution in [2.75, 3.05) is 143 Å². The molecule has 43 heavy (non-hydrogen) atoms. The average Bonchev–Trinajstić information content (AvgIpc) is 3.02. The topological polar surface area (TPSA) is 132 Å². The number of carbonyl (C=O) groups excluding carboxylic acids is 2. The Hall–Kier alpha value is 0.0200. The van der Waals surface area contributed by atoms with Gasteiger partial charge in [0.25, 0.3) is 0 Å². The van der Waals surface area contributed by atoms with Gasteiger partial charge in [0.15, 0.2) is 0 Å². The highest BCUT2D eigenvalue weighted by molar-refractivity contribution is 8.77. The Morgan fingerprint density at radius 1 is 0.488 bits per heavy atom. The lowest BCUT2D eigenvalue weighted by Gasteiger charge is -2.33. The smallest absolute Gasteiger partial charge is 0.245 e. The Balaban J connectivity index is 4.92. The van der Waals surface area contributed by atoms with E-state index in [9.17, 15) is 9.59 Å². The highest BCUT2D eigenvalue weighted by Crippen LogP contribution is 2.22. The van der Waals surface area contributed by atoms with E-state index >= 15 is 0 Å². The van der Waals surface area contributed by atoms with E-state index in [1.54, 1.807) is 35.7 Å². The molecule has 0 heterocycles. The summed E-state index contributed by atoms with van der Waals surface area (Å²) in [6.45, 7) is 9.70. The second-order valence-corrected chi connectivity index (χ2v) is 14.6. The third kappa shape index (κ3) is 29.2. The van der Waals surface area contributed by atoms with Crippen molar-refractivity contribution < 1.29 is 47.5 Å². The molecule has 256 valence electrons. The maximum absolute atomic E-state index is 11.4. The first-order valence-electron chi connectivity index (χ1n) is 14.6. The molecular weight excluding hydrogens is 641 g/mol. The van der Waals surface area contributed by atoms with Crippen molar-refractivity contribution in [1.29, 1.82) is 0 Å². The summed E-state index contributed by atoms with van der Waals surface area (Å²) in [6.07, 6.45) is 0. The van der Waals surface area contributed by atoms with Gasteiger partial charge in [0, 0.05) is 37.1 Å². The molecule has 0 aromatic rings. The van der Waals surface area contributed by atoms with E-state index in [1.807, 2.05) is 21.6 Å². The molecule has 0 atom stereocenters. The second-order valence-electron chi connectivity index (χ2n) is 8.84. The normalized spacial score (nSPS) is 11.6. The molecule has 0 saturated heterocycles. The molecule has 0 aromatic carbocycles. The Bertz CT molecular complexity index is 593. The van der Waals surface area contributed by atoms with Gasteiger partial charge in [-0.25, -0.2) is 0 Å². The minimum Gasteiger partial charge on any atom is -0.378 e. The predicted octanol–water partition coefficient (Wildman–Crippen LogP) is 2.40. The molecule has 2 amide bonds. The summed E-state index contributed by atoms with van der Waals surface area (Å²) in [5.41, 5.74) is -0.622. The SMILES string of the molecule is CCSSCCOCCOCC(COCCOCCSSCC)(COCCOCC(=O)NC)COCCOCC(=O)NC. The first-order chi connectivity index (χ1) is 21.0. The van der Waals surface area contributed by atoms with Crippen molar-refractivity contribution in [2.24, 2.45) is 5.41 Å². The summed E-state index contributed by atoms with van der Waals surface area (Å²) in [6, 6.07) is 0. The zero-order chi connectivity index (χ0) is 31.7. The number of ether oxygens (including phenoxy) is 8. The van der Waals surface area contributed by atoms with Crippen molar-refractivity contribution in [3.8, 4) is 0 Å². The quantitative estimate of drug-likeness (QED) is 0.0755. The lowest BCUT2D eigenvalue weighted by Crippen LogP contribution is -2.43. The monoisotopic (exact) mass is 694 g/mol. The summed E-state index contributed by atoms with van der Waals surface area (Å²) >= 11 is 0. The minimum atomic E-state index is -0.622. The highest BCUT2D eigenvalue weighted by atomic mass is 33.1. The molecule has 0 unspecified atom stereocenters. The highest BCUT2D eigenvalue weighted by Gasteiger charge is 2.32. The van der Waals surface area contributed by atoms with Crippen molar-refractivity contribution >= 4 is 55.0 Å². The fraction of sp³-hybridized carbons (Fsp3) is 0.926. The summed E-state index contributed by atoms with van der Waals surface area (Å²) in [4.78, 5) is 22.8. The van der Waals surface area contributed by atoms with Crippen LogP contribution in [0.3, 0.4) is 0 Å². The van der Waals surface area contributed by atoms with Gasteiger partial charge in [-0.05, 0) is 0 Å². The van der Waals surface area contributed by atoms with Gasteiger partial charge < -0.3 is 48.5 Å². The van der Waals surface area contributed by atoms with Gasteiger partial charge >= 0.3 is 0 Å². The van der Waals surface area contributed by atoms with E-state index in [0.717, 1.165) is 23.0 Å². The fourth-order valence-corrected chi connectivity index (χ4v) is 6.08. The van der Waals surface area contributed by atoms with Crippen LogP contribution in [0.4, 0.5) is 0 Å². The second kappa shape index (κ2) is 33.4. The van der Waals surface area contributed by atoms with Crippen molar-refractivity contribution in [3.63, 3.8) is 0 Å². The molecule has 12 nitrogen and oxygen atoms in total. The third-order valence-corrected chi connectivity index (χ3v) is 10.1. The van der Waals surface area contributed by atoms with Crippen molar-refractivity contribution in [1.82, 2.24) is 10.6 Å². The maximum atomic E-state index is 11.4. The van der Waals surface area contributed by atoms with Crippen LogP contribution in [-0.2, 0) is 47.5 Å². The molecule has 0 bridgehead atoms. The van der Waals surface area contributed by atoms with Crippen LogP contribution >= 0.6 is 43.2 Å². The molecule has 16 heteroatoms. The first-order valence-corrected chi connectivity index (χ1v) is 19.5. The molecule has 0 rings (SSSR count). The van der Waals surface area contributed by atoms with Crippen molar-refractivity contribution in [2.45, 2.75) is 13.8 Å². The molecule has 0 aromatic heterocycles. The predicted molar refractivity (Wildman–Crippen MR) is 178 cm³/mol. The van der Waals surface area contributed by atoms with Crippen molar-refractivity contribution in [3.05, 3.63) is 0 Å². The largest absolute Gasteiger partial charge is 0.378 e. The summed E-state index contributed by atoms with van der Waals surface area (Å²) in [5, 5.41) is 5.03. The van der Waals surface area contributed by atoms with Crippen LogP contribution in [0, 0.1) is 5.41 Å². The van der Waals surface area contributed by atoms with Crippen LogP contribution in [0.1, 0.15) is 13.8 Å². The van der Waals surface area contributed by atoms with E-state index < -0.39 is 5.41 Å². The van der Waals surface area contributed by atoms with Crippen LogP contribution in [0.15, 0.2) is 0 Å². The Labute approximate surface area is 274 Å². The number of amides is 2. The van der Waals surface area contributed by atoms with Gasteiger partial charge in [-0.1, -0.05) is 57.0 Å². The van der Waals surface area contributed by atoms with E-state index in [1.165, 1.54) is 0 Å². The van der Waals surface area contributed by atoms with E-state index in [4.69, 9.17) is 37.9 Å². The number of carbonyl (C=O) groups is 2. The van der Waals surface area contributed by atoms with Crippen LogP contribution in [0.2, 0.25) is 0 Å². The zero-order valence-electron chi connectivity index (χ0n) is 26.4. The summed E-state index contributed by atoms with van der Waals surface area (Å²) < 4.78 is 46.1.